The van der Waals surface area contributed by atoms with Gasteiger partial charge in [-0.15, -0.1) is 0 Å². The summed E-state index contributed by atoms with van der Waals surface area (Å²) in [5.74, 6) is 3.30. The van der Waals surface area contributed by atoms with Crippen molar-refractivity contribution in [3.63, 3.8) is 0 Å². The van der Waals surface area contributed by atoms with E-state index in [0.717, 1.165) is 67.2 Å². The summed E-state index contributed by atoms with van der Waals surface area (Å²) in [5, 5.41) is 2.07. The fraction of sp³-hybridized carbons (Fsp3) is 0.0976. The van der Waals surface area contributed by atoms with E-state index in [4.69, 9.17) is 19.4 Å². The second-order valence-corrected chi connectivity index (χ2v) is 12.2. The minimum Gasteiger partial charge on any atom is -0.457 e. The molecule has 0 atom stereocenters. The lowest BCUT2D eigenvalue weighted by Gasteiger charge is -2.10. The summed E-state index contributed by atoms with van der Waals surface area (Å²) in [6.45, 7) is 8.18. The smallest absolute Gasteiger partial charge is 0.237 e. The Morgan fingerprint density at radius 2 is 0.959 bits per heavy atom. The zero-order chi connectivity index (χ0) is 33.5. The van der Waals surface area contributed by atoms with Crippen molar-refractivity contribution < 1.29 is 9.47 Å². The zero-order valence-corrected chi connectivity index (χ0v) is 27.5. The molecule has 0 saturated carbocycles. The lowest BCUT2D eigenvalue weighted by molar-refractivity contribution is 0.483. The molecule has 0 aliphatic rings. The number of hydrogen-bond donors (Lipinski definition) is 0. The second-order valence-electron chi connectivity index (χ2n) is 12.2. The van der Waals surface area contributed by atoms with Crippen molar-refractivity contribution in [2.75, 3.05) is 0 Å². The molecule has 0 aliphatic heterocycles. The first-order valence-electron chi connectivity index (χ1n) is 16.0. The van der Waals surface area contributed by atoms with Gasteiger partial charge in [-0.25, -0.2) is 15.0 Å². The predicted molar refractivity (Wildman–Crippen MR) is 193 cm³/mol. The molecule has 0 amide bonds. The number of rotatable bonds is 7. The minimum absolute atomic E-state index is 0.495. The maximum absolute atomic E-state index is 6.44. The van der Waals surface area contributed by atoms with E-state index in [2.05, 4.69) is 65.2 Å². The summed E-state index contributed by atoms with van der Waals surface area (Å²) in [6.07, 6.45) is 3.00. The van der Waals surface area contributed by atoms with Crippen LogP contribution in [0.15, 0.2) is 122 Å². The summed E-state index contributed by atoms with van der Waals surface area (Å²) in [4.78, 5) is 22.5. The molecule has 0 unspecified atom stereocenters. The van der Waals surface area contributed by atoms with E-state index in [0.29, 0.717) is 17.4 Å². The molecule has 8 nitrogen and oxygen atoms in total. The molecule has 0 N–H and O–H groups in total. The van der Waals surface area contributed by atoms with E-state index >= 15 is 0 Å². The third-order valence-corrected chi connectivity index (χ3v) is 8.32. The lowest BCUT2D eigenvalue weighted by Crippen LogP contribution is -2.01. The molecule has 0 spiro atoms. The number of hydrogen-bond acceptors (Lipinski definition) is 7. The van der Waals surface area contributed by atoms with Crippen LogP contribution in [0.3, 0.4) is 0 Å². The summed E-state index contributed by atoms with van der Waals surface area (Å²) in [5.41, 5.74) is 9.91. The molecular weight excluding hydrogens is 608 g/mol. The van der Waals surface area contributed by atoms with Crippen LogP contribution in [0.2, 0.25) is 0 Å². The number of nitrogens with zero attached hydrogens (tertiary/aromatic N) is 6. The quantitative estimate of drug-likeness (QED) is 0.171. The van der Waals surface area contributed by atoms with E-state index in [1.54, 1.807) is 0 Å². The molecule has 4 heterocycles. The van der Waals surface area contributed by atoms with Crippen LogP contribution in [0.25, 0.3) is 50.3 Å². The molecule has 8 aromatic rings. The molecule has 0 bridgehead atoms. The van der Waals surface area contributed by atoms with Crippen molar-refractivity contribution in [1.29, 1.82) is 0 Å². The van der Waals surface area contributed by atoms with Gasteiger partial charge in [-0.05, 0) is 112 Å². The van der Waals surface area contributed by atoms with E-state index in [1.165, 1.54) is 23.8 Å². The maximum atomic E-state index is 6.44. The Morgan fingerprint density at radius 3 is 1.43 bits per heavy atom. The van der Waals surface area contributed by atoms with Crippen molar-refractivity contribution in [2.45, 2.75) is 27.7 Å². The first-order chi connectivity index (χ1) is 23.9. The number of ether oxygens (including phenoxy) is 2. The van der Waals surface area contributed by atoms with Gasteiger partial charge < -0.3 is 9.47 Å². The monoisotopic (exact) mass is 640 g/mol. The van der Waals surface area contributed by atoms with Crippen molar-refractivity contribution in [1.82, 2.24) is 29.5 Å². The van der Waals surface area contributed by atoms with E-state index in [1.807, 2.05) is 91.2 Å². The molecular formula is C41H32N6O2. The van der Waals surface area contributed by atoms with Gasteiger partial charge in [-0.1, -0.05) is 24.3 Å². The van der Waals surface area contributed by atoms with Crippen molar-refractivity contribution in [3.8, 4) is 51.5 Å². The average molecular weight is 641 g/mol. The van der Waals surface area contributed by atoms with Crippen LogP contribution in [0.5, 0.6) is 23.0 Å². The molecule has 238 valence electrons. The van der Waals surface area contributed by atoms with Crippen molar-refractivity contribution >= 4 is 21.8 Å². The van der Waals surface area contributed by atoms with Gasteiger partial charge in [0.25, 0.3) is 0 Å². The molecule has 8 rings (SSSR count). The normalized spacial score (nSPS) is 11.3. The zero-order valence-electron chi connectivity index (χ0n) is 27.5. The Balaban J connectivity index is 1.17. The molecule has 0 saturated heterocycles. The van der Waals surface area contributed by atoms with Gasteiger partial charge >= 0.3 is 0 Å². The fourth-order valence-electron chi connectivity index (χ4n) is 6.36. The van der Waals surface area contributed by atoms with Gasteiger partial charge in [-0.2, -0.15) is 0 Å². The predicted octanol–water partition coefficient (Wildman–Crippen LogP) is 9.91. The Labute approximate surface area is 283 Å². The first kappa shape index (κ1) is 30.0. The van der Waals surface area contributed by atoms with E-state index in [-0.39, 0.29) is 0 Å². The topological polar surface area (TPSA) is 87.8 Å². The maximum Gasteiger partial charge on any atom is 0.237 e. The highest BCUT2D eigenvalue weighted by molar-refractivity contribution is 6.09. The molecule has 4 aromatic carbocycles. The largest absolute Gasteiger partial charge is 0.457 e. The molecule has 4 aromatic heterocycles. The van der Waals surface area contributed by atoms with Crippen molar-refractivity contribution in [3.05, 3.63) is 144 Å². The Morgan fingerprint density at radius 1 is 0.490 bits per heavy atom. The number of pyridine rings is 2. The fourth-order valence-corrected chi connectivity index (χ4v) is 6.36. The minimum atomic E-state index is 0.495. The number of aromatic nitrogens is 6. The Hall–Kier alpha value is -6.41. The van der Waals surface area contributed by atoms with Crippen LogP contribution < -0.4 is 9.47 Å². The number of benzene rings is 4. The molecule has 49 heavy (non-hydrogen) atoms. The third kappa shape index (κ3) is 6.07. The van der Waals surface area contributed by atoms with Gasteiger partial charge in [0, 0.05) is 45.4 Å². The summed E-state index contributed by atoms with van der Waals surface area (Å²) in [7, 11) is 0. The SMILES string of the molecule is Cc1cc(C)nc(-c2cccc(Oc3ccc4c5ccc(Oc6cccc(-c7cc(C)cc(C)n7)c6)cc5n(-c5ncncn5)c4c3)c2)c1. The van der Waals surface area contributed by atoms with Gasteiger partial charge in [0.05, 0.1) is 22.4 Å². The van der Waals surface area contributed by atoms with E-state index in [9.17, 15) is 0 Å². The second kappa shape index (κ2) is 12.3. The Bertz CT molecular complexity index is 2310. The summed E-state index contributed by atoms with van der Waals surface area (Å²) < 4.78 is 14.9. The van der Waals surface area contributed by atoms with Crippen LogP contribution in [0.4, 0.5) is 0 Å². The highest BCUT2D eigenvalue weighted by Gasteiger charge is 2.17. The summed E-state index contributed by atoms with van der Waals surface area (Å²) in [6, 6.07) is 36.5. The Kier molecular flexibility index (Phi) is 7.53. The summed E-state index contributed by atoms with van der Waals surface area (Å²) >= 11 is 0. The van der Waals surface area contributed by atoms with E-state index < -0.39 is 0 Å². The molecule has 0 aliphatic carbocycles. The van der Waals surface area contributed by atoms with Gasteiger partial charge in [0.15, 0.2) is 0 Å². The number of aryl methyl sites for hydroxylation is 4. The van der Waals surface area contributed by atoms with Gasteiger partial charge in [0.2, 0.25) is 5.95 Å². The lowest BCUT2D eigenvalue weighted by atomic mass is 10.1. The van der Waals surface area contributed by atoms with Crippen LogP contribution >= 0.6 is 0 Å². The van der Waals surface area contributed by atoms with Crippen LogP contribution in [0.1, 0.15) is 22.5 Å². The average Bonchev–Trinajstić information content (AvgIpc) is 3.41. The molecule has 0 radical (unpaired) electrons. The van der Waals surface area contributed by atoms with Crippen molar-refractivity contribution in [2.24, 2.45) is 0 Å². The van der Waals surface area contributed by atoms with Crippen LogP contribution in [0, 0.1) is 27.7 Å². The molecule has 8 heteroatoms. The standard InChI is InChI=1S/C41H32N6O2/c1-25-15-27(3)45-37(17-25)29-7-5-9-31(19-29)48-33-11-13-35-36-14-12-34(22-40(36)47(39(35)21-33)41-43-23-42-24-44-41)49-32-10-6-8-30(20-32)38-18-26(2)16-28(4)46-38/h5-24H,1-4H3. The number of fused-ring (bicyclic) bond motifs is 3. The van der Waals surface area contributed by atoms with Crippen LogP contribution in [-0.2, 0) is 0 Å². The first-order valence-corrected chi connectivity index (χ1v) is 16.0. The van der Waals surface area contributed by atoms with Gasteiger partial charge in [0.1, 0.15) is 35.7 Å². The van der Waals surface area contributed by atoms with Gasteiger partial charge in [-0.3, -0.25) is 14.5 Å². The highest BCUT2D eigenvalue weighted by atomic mass is 16.5. The third-order valence-electron chi connectivity index (χ3n) is 8.32. The van der Waals surface area contributed by atoms with Crippen LogP contribution in [-0.4, -0.2) is 29.5 Å². The molecule has 0 fully saturated rings. The highest BCUT2D eigenvalue weighted by Crippen LogP contribution is 2.38.